The smallest absolute Gasteiger partial charge is 0.0175 e. The lowest BCUT2D eigenvalue weighted by atomic mass is 10.0. The maximum Gasteiger partial charge on any atom is 0.0175 e. The summed E-state index contributed by atoms with van der Waals surface area (Å²) in [6.45, 7) is 9.01. The van der Waals surface area contributed by atoms with Gasteiger partial charge in [0.05, 0.1) is 0 Å². The molecule has 0 aliphatic rings. The van der Waals surface area contributed by atoms with Crippen LogP contribution in [0.3, 0.4) is 0 Å². The van der Waals surface area contributed by atoms with E-state index < -0.39 is 0 Å². The lowest BCUT2D eigenvalue weighted by Gasteiger charge is -2.14. The van der Waals surface area contributed by atoms with E-state index in [4.69, 9.17) is 0 Å². The molecule has 0 bridgehead atoms. The van der Waals surface area contributed by atoms with Crippen LogP contribution in [0.4, 0.5) is 0 Å². The molecule has 0 spiro atoms. The van der Waals surface area contributed by atoms with E-state index in [1.54, 1.807) is 0 Å². The Morgan fingerprint density at radius 1 is 1.06 bits per heavy atom. The van der Waals surface area contributed by atoms with E-state index in [0.717, 1.165) is 29.9 Å². The van der Waals surface area contributed by atoms with Gasteiger partial charge < -0.3 is 5.32 Å². The third-order valence-corrected chi connectivity index (χ3v) is 3.07. The van der Waals surface area contributed by atoms with Gasteiger partial charge in [-0.2, -0.15) is 0 Å². The Kier molecular flexibility index (Phi) is 6.07. The van der Waals surface area contributed by atoms with Crippen LogP contribution in [0.5, 0.6) is 0 Å². The van der Waals surface area contributed by atoms with Crippen LogP contribution in [0, 0.1) is 11.8 Å². The van der Waals surface area contributed by atoms with Crippen LogP contribution in [0.2, 0.25) is 0 Å². The molecule has 1 unspecified atom stereocenters. The third-order valence-electron chi connectivity index (χ3n) is 2.54. The second-order valence-electron chi connectivity index (χ2n) is 4.99. The molecule has 0 aliphatic heterocycles. The molecule has 1 N–H and O–H groups in total. The van der Waals surface area contributed by atoms with E-state index in [1.165, 1.54) is 5.56 Å². The summed E-state index contributed by atoms with van der Waals surface area (Å²) in [6, 6.07) is 8.62. The fraction of sp³-hybridized carbons (Fsp3) is 0.571. The summed E-state index contributed by atoms with van der Waals surface area (Å²) in [5.41, 5.74) is 1.42. The van der Waals surface area contributed by atoms with Crippen molar-refractivity contribution in [3.63, 3.8) is 0 Å². The van der Waals surface area contributed by atoms with Crippen LogP contribution < -0.4 is 5.32 Å². The molecule has 0 radical (unpaired) electrons. The van der Waals surface area contributed by atoms with Crippen molar-refractivity contribution in [2.75, 3.05) is 13.1 Å². The fourth-order valence-electron chi connectivity index (χ4n) is 1.71. The van der Waals surface area contributed by atoms with E-state index in [1.807, 2.05) is 0 Å². The summed E-state index contributed by atoms with van der Waals surface area (Å²) in [5, 5.41) is 3.51. The van der Waals surface area contributed by atoms with Crippen LogP contribution in [0.15, 0.2) is 28.7 Å². The number of hydrogen-bond acceptors (Lipinski definition) is 1. The summed E-state index contributed by atoms with van der Waals surface area (Å²) >= 11 is 3.46. The van der Waals surface area contributed by atoms with Gasteiger partial charge in [-0.25, -0.2) is 0 Å². The lowest BCUT2D eigenvalue weighted by molar-refractivity contribution is 0.473. The molecule has 0 fully saturated rings. The number of rotatable bonds is 6. The Labute approximate surface area is 108 Å². The molecule has 0 aliphatic carbocycles. The quantitative estimate of drug-likeness (QED) is 0.836. The van der Waals surface area contributed by atoms with Gasteiger partial charge in [0.25, 0.3) is 0 Å². The Morgan fingerprint density at radius 3 is 2.25 bits per heavy atom. The molecule has 1 atom stereocenters. The molecule has 0 amide bonds. The van der Waals surface area contributed by atoms with E-state index in [9.17, 15) is 0 Å². The molecule has 1 aromatic rings. The molecule has 0 saturated carbocycles. The molecule has 16 heavy (non-hydrogen) atoms. The minimum absolute atomic E-state index is 0.694. The van der Waals surface area contributed by atoms with Crippen molar-refractivity contribution in [2.45, 2.75) is 27.2 Å². The normalized spacial score (nSPS) is 13.1. The largest absolute Gasteiger partial charge is 0.316 e. The first kappa shape index (κ1) is 13.7. The lowest BCUT2D eigenvalue weighted by Crippen LogP contribution is -2.26. The van der Waals surface area contributed by atoms with Crippen molar-refractivity contribution >= 4 is 15.9 Å². The summed E-state index contributed by atoms with van der Waals surface area (Å²) in [5.74, 6) is 1.43. The summed E-state index contributed by atoms with van der Waals surface area (Å²) in [6.07, 6.45) is 1.15. The number of hydrogen-bond donors (Lipinski definition) is 1. The zero-order valence-electron chi connectivity index (χ0n) is 10.5. The zero-order chi connectivity index (χ0) is 12.0. The van der Waals surface area contributed by atoms with Gasteiger partial charge in [-0.05, 0) is 49.0 Å². The van der Waals surface area contributed by atoms with Crippen molar-refractivity contribution in [1.82, 2.24) is 5.32 Å². The molecular weight excluding hydrogens is 262 g/mol. The SMILES string of the molecule is CC(C)CNCC(C)Cc1ccc(Br)cc1. The van der Waals surface area contributed by atoms with Gasteiger partial charge >= 0.3 is 0 Å². The average Bonchev–Trinajstić information content (AvgIpc) is 2.21. The van der Waals surface area contributed by atoms with Gasteiger partial charge in [-0.15, -0.1) is 0 Å². The second-order valence-corrected chi connectivity index (χ2v) is 5.90. The topological polar surface area (TPSA) is 12.0 Å². The third kappa shape index (κ3) is 5.66. The molecule has 0 aromatic heterocycles. The highest BCUT2D eigenvalue weighted by Gasteiger charge is 2.03. The van der Waals surface area contributed by atoms with Crippen LogP contribution >= 0.6 is 15.9 Å². The van der Waals surface area contributed by atoms with Crippen molar-refractivity contribution in [3.05, 3.63) is 34.3 Å². The van der Waals surface area contributed by atoms with E-state index in [-0.39, 0.29) is 0 Å². The molecule has 1 aromatic carbocycles. The van der Waals surface area contributed by atoms with E-state index in [2.05, 4.69) is 66.3 Å². The molecule has 2 heteroatoms. The standard InChI is InChI=1S/C14H22BrN/c1-11(2)9-16-10-12(3)8-13-4-6-14(15)7-5-13/h4-7,11-12,16H,8-10H2,1-3H3. The first-order valence-corrected chi connectivity index (χ1v) is 6.82. The Balaban J connectivity index is 2.28. The number of nitrogens with one attached hydrogen (secondary N) is 1. The highest BCUT2D eigenvalue weighted by molar-refractivity contribution is 9.10. The highest BCUT2D eigenvalue weighted by atomic mass is 79.9. The minimum Gasteiger partial charge on any atom is -0.316 e. The van der Waals surface area contributed by atoms with Crippen LogP contribution in [0.25, 0.3) is 0 Å². The molecule has 0 heterocycles. The molecule has 1 nitrogen and oxygen atoms in total. The van der Waals surface area contributed by atoms with Crippen molar-refractivity contribution < 1.29 is 0 Å². The van der Waals surface area contributed by atoms with Crippen molar-refractivity contribution in [3.8, 4) is 0 Å². The maximum atomic E-state index is 3.51. The Bertz CT molecular complexity index is 292. The molecule has 0 saturated heterocycles. The van der Waals surface area contributed by atoms with Gasteiger partial charge in [0.1, 0.15) is 0 Å². The fourth-order valence-corrected chi connectivity index (χ4v) is 1.98. The molecule has 1 rings (SSSR count). The molecule has 90 valence electrons. The maximum absolute atomic E-state index is 3.51. The summed E-state index contributed by atoms with van der Waals surface area (Å²) in [7, 11) is 0. The first-order valence-electron chi connectivity index (χ1n) is 6.03. The monoisotopic (exact) mass is 283 g/mol. The van der Waals surface area contributed by atoms with Gasteiger partial charge in [0.2, 0.25) is 0 Å². The van der Waals surface area contributed by atoms with Gasteiger partial charge in [0.15, 0.2) is 0 Å². The van der Waals surface area contributed by atoms with Gasteiger partial charge in [-0.1, -0.05) is 48.8 Å². The van der Waals surface area contributed by atoms with Crippen LogP contribution in [-0.4, -0.2) is 13.1 Å². The minimum atomic E-state index is 0.694. The van der Waals surface area contributed by atoms with Crippen molar-refractivity contribution in [2.24, 2.45) is 11.8 Å². The Morgan fingerprint density at radius 2 is 1.69 bits per heavy atom. The van der Waals surface area contributed by atoms with E-state index in [0.29, 0.717) is 5.92 Å². The van der Waals surface area contributed by atoms with Crippen LogP contribution in [-0.2, 0) is 6.42 Å². The summed E-state index contributed by atoms with van der Waals surface area (Å²) in [4.78, 5) is 0. The second kappa shape index (κ2) is 7.08. The number of benzene rings is 1. The summed E-state index contributed by atoms with van der Waals surface area (Å²) < 4.78 is 1.15. The van der Waals surface area contributed by atoms with E-state index >= 15 is 0 Å². The predicted octanol–water partition coefficient (Wildman–Crippen LogP) is 3.87. The van der Waals surface area contributed by atoms with Gasteiger partial charge in [0, 0.05) is 4.47 Å². The predicted molar refractivity (Wildman–Crippen MR) is 74.7 cm³/mol. The highest BCUT2D eigenvalue weighted by Crippen LogP contribution is 2.13. The first-order chi connectivity index (χ1) is 7.58. The average molecular weight is 284 g/mol. The van der Waals surface area contributed by atoms with Crippen molar-refractivity contribution in [1.29, 1.82) is 0 Å². The Hall–Kier alpha value is -0.340. The van der Waals surface area contributed by atoms with Crippen LogP contribution in [0.1, 0.15) is 26.3 Å². The number of halogens is 1. The molecular formula is C14H22BrN. The van der Waals surface area contributed by atoms with Gasteiger partial charge in [-0.3, -0.25) is 0 Å². The zero-order valence-corrected chi connectivity index (χ0v) is 12.0.